The van der Waals surface area contributed by atoms with E-state index in [4.69, 9.17) is 9.47 Å². The van der Waals surface area contributed by atoms with Crippen molar-refractivity contribution in [2.24, 2.45) is 5.92 Å². The van der Waals surface area contributed by atoms with Gasteiger partial charge in [0.15, 0.2) is 0 Å². The highest BCUT2D eigenvalue weighted by Gasteiger charge is 2.18. The Kier molecular flexibility index (Phi) is 8.27. The lowest BCUT2D eigenvalue weighted by molar-refractivity contribution is 0.150. The zero-order valence-corrected chi connectivity index (χ0v) is 16.6. The van der Waals surface area contributed by atoms with Gasteiger partial charge in [0.25, 0.3) is 0 Å². The third-order valence-electron chi connectivity index (χ3n) is 5.03. The third kappa shape index (κ3) is 5.65. The summed E-state index contributed by atoms with van der Waals surface area (Å²) in [6, 6.07) is 16.7. The summed E-state index contributed by atoms with van der Waals surface area (Å²) in [6.07, 6.45) is 4.46. The molecule has 1 heterocycles. The van der Waals surface area contributed by atoms with Crippen LogP contribution in [0.3, 0.4) is 0 Å². The Morgan fingerprint density at radius 3 is 2.23 bits per heavy atom. The minimum Gasteiger partial charge on any atom is -0.496 e. The van der Waals surface area contributed by atoms with E-state index in [1.54, 1.807) is 7.11 Å². The number of likely N-dealkylation sites (tertiary alicyclic amines) is 1. The second-order valence-electron chi connectivity index (χ2n) is 7.00. The Bertz CT molecular complexity index is 677. The number of benzene rings is 2. The maximum atomic E-state index is 6.21. The Hall–Kier alpha value is -1.71. The van der Waals surface area contributed by atoms with Crippen LogP contribution in [0.4, 0.5) is 0 Å². The molecule has 3 rings (SSSR count). The summed E-state index contributed by atoms with van der Waals surface area (Å²) < 4.78 is 11.7. The van der Waals surface area contributed by atoms with Crippen molar-refractivity contribution < 1.29 is 9.47 Å². The lowest BCUT2D eigenvalue weighted by atomic mass is 9.99. The average Bonchev–Trinajstić information content (AvgIpc) is 2.65. The molecule has 2 aromatic carbocycles. The maximum Gasteiger partial charge on any atom is 0.122 e. The fourth-order valence-corrected chi connectivity index (χ4v) is 3.65. The molecule has 1 atom stereocenters. The van der Waals surface area contributed by atoms with Crippen LogP contribution >= 0.6 is 12.4 Å². The highest BCUT2D eigenvalue weighted by molar-refractivity contribution is 5.85. The smallest absolute Gasteiger partial charge is 0.122 e. The highest BCUT2D eigenvalue weighted by Crippen LogP contribution is 2.25. The minimum atomic E-state index is 0. The zero-order chi connectivity index (χ0) is 17.5. The van der Waals surface area contributed by atoms with Crippen molar-refractivity contribution in [2.45, 2.75) is 25.7 Å². The summed E-state index contributed by atoms with van der Waals surface area (Å²) in [5, 5.41) is 0. The lowest BCUT2D eigenvalue weighted by Crippen LogP contribution is -2.34. The third-order valence-corrected chi connectivity index (χ3v) is 5.03. The van der Waals surface area contributed by atoms with Crippen LogP contribution in [0.15, 0.2) is 48.5 Å². The van der Waals surface area contributed by atoms with E-state index in [2.05, 4.69) is 48.3 Å². The Morgan fingerprint density at radius 2 is 1.58 bits per heavy atom. The first-order valence-corrected chi connectivity index (χ1v) is 9.27. The topological polar surface area (TPSA) is 21.7 Å². The van der Waals surface area contributed by atoms with Crippen LogP contribution in [0, 0.1) is 5.92 Å². The fourth-order valence-electron chi connectivity index (χ4n) is 3.65. The maximum absolute atomic E-state index is 6.21. The number of nitrogens with zero attached hydrogens (tertiary/aromatic N) is 1. The van der Waals surface area contributed by atoms with Crippen molar-refractivity contribution in [1.82, 2.24) is 4.90 Å². The number of aryl methyl sites for hydroxylation is 2. The molecule has 3 nitrogen and oxygen atoms in total. The van der Waals surface area contributed by atoms with Crippen LogP contribution in [0.1, 0.15) is 24.0 Å². The van der Waals surface area contributed by atoms with Crippen molar-refractivity contribution in [3.8, 4) is 11.5 Å². The molecule has 142 valence electrons. The number of halogens is 1. The first-order chi connectivity index (χ1) is 12.3. The Labute approximate surface area is 163 Å². The van der Waals surface area contributed by atoms with Crippen molar-refractivity contribution in [2.75, 3.05) is 33.9 Å². The average molecular weight is 376 g/mol. The van der Waals surface area contributed by atoms with Gasteiger partial charge in [-0.15, -0.1) is 12.4 Å². The van der Waals surface area contributed by atoms with Crippen LogP contribution in [0.25, 0.3) is 0 Å². The molecule has 0 radical (unpaired) electrons. The van der Waals surface area contributed by atoms with Gasteiger partial charge in [0.1, 0.15) is 11.5 Å². The quantitative estimate of drug-likeness (QED) is 0.704. The summed E-state index contributed by atoms with van der Waals surface area (Å²) in [5.74, 6) is 2.64. The molecule has 1 aliphatic heterocycles. The first-order valence-electron chi connectivity index (χ1n) is 9.27. The molecular weight excluding hydrogens is 346 g/mol. The molecule has 0 aliphatic carbocycles. The molecule has 1 saturated heterocycles. The standard InChI is InChI=1S/C22H29NO2.ClH/c1-23-15-7-8-18(16-23)17-25-22-12-6-4-10-20(22)14-13-19-9-3-5-11-21(19)24-2;/h3-6,9-12,18H,7-8,13-17H2,1-2H3;1H/t18-;/m0./s1. The predicted octanol–water partition coefficient (Wildman–Crippen LogP) is 4.62. The number of methoxy groups -OCH3 is 1. The van der Waals surface area contributed by atoms with Gasteiger partial charge in [0.2, 0.25) is 0 Å². The van der Waals surface area contributed by atoms with Crippen LogP contribution < -0.4 is 9.47 Å². The van der Waals surface area contributed by atoms with Gasteiger partial charge in [-0.05, 0) is 62.5 Å². The minimum absolute atomic E-state index is 0. The molecule has 26 heavy (non-hydrogen) atoms. The number of rotatable bonds is 7. The normalized spacial score (nSPS) is 17.4. The number of para-hydroxylation sites is 2. The largest absolute Gasteiger partial charge is 0.496 e. The molecule has 0 aromatic heterocycles. The van der Waals surface area contributed by atoms with E-state index < -0.39 is 0 Å². The number of hydrogen-bond donors (Lipinski definition) is 0. The van der Waals surface area contributed by atoms with Gasteiger partial charge in [-0.2, -0.15) is 0 Å². The van der Waals surface area contributed by atoms with Gasteiger partial charge in [-0.3, -0.25) is 0 Å². The molecular formula is C22H30ClNO2. The molecule has 0 amide bonds. The number of ether oxygens (including phenoxy) is 2. The van der Waals surface area contributed by atoms with E-state index in [1.165, 1.54) is 30.5 Å². The first kappa shape index (κ1) is 20.6. The summed E-state index contributed by atoms with van der Waals surface area (Å²) in [6.45, 7) is 3.17. The summed E-state index contributed by atoms with van der Waals surface area (Å²) in [5.41, 5.74) is 2.52. The van der Waals surface area contributed by atoms with E-state index in [1.807, 2.05) is 12.1 Å². The molecule has 2 aromatic rings. The van der Waals surface area contributed by atoms with E-state index in [0.29, 0.717) is 5.92 Å². The lowest BCUT2D eigenvalue weighted by Gasteiger charge is -2.29. The number of piperidine rings is 1. The van der Waals surface area contributed by atoms with E-state index in [0.717, 1.165) is 37.5 Å². The molecule has 0 N–H and O–H groups in total. The van der Waals surface area contributed by atoms with Crippen LogP contribution in [0.5, 0.6) is 11.5 Å². The molecule has 0 spiro atoms. The van der Waals surface area contributed by atoms with Crippen LogP contribution in [-0.2, 0) is 12.8 Å². The van der Waals surface area contributed by atoms with E-state index in [-0.39, 0.29) is 12.4 Å². The van der Waals surface area contributed by atoms with Gasteiger partial charge < -0.3 is 14.4 Å². The molecule has 1 fully saturated rings. The molecule has 1 aliphatic rings. The predicted molar refractivity (Wildman–Crippen MR) is 110 cm³/mol. The SMILES string of the molecule is COc1ccccc1CCc1ccccc1OC[C@H]1CCCN(C)C1.Cl. The number of hydrogen-bond acceptors (Lipinski definition) is 3. The van der Waals surface area contributed by atoms with Crippen molar-refractivity contribution >= 4 is 12.4 Å². The van der Waals surface area contributed by atoms with Gasteiger partial charge in [-0.25, -0.2) is 0 Å². The molecule has 0 unspecified atom stereocenters. The zero-order valence-electron chi connectivity index (χ0n) is 15.8. The second kappa shape index (κ2) is 10.4. The van der Waals surface area contributed by atoms with Crippen LogP contribution in [0.2, 0.25) is 0 Å². The summed E-state index contributed by atoms with van der Waals surface area (Å²) in [4.78, 5) is 2.41. The van der Waals surface area contributed by atoms with E-state index >= 15 is 0 Å². The molecule has 0 saturated carbocycles. The van der Waals surface area contributed by atoms with E-state index in [9.17, 15) is 0 Å². The summed E-state index contributed by atoms with van der Waals surface area (Å²) in [7, 11) is 3.93. The monoisotopic (exact) mass is 375 g/mol. The van der Waals surface area contributed by atoms with Crippen molar-refractivity contribution in [3.63, 3.8) is 0 Å². The summed E-state index contributed by atoms with van der Waals surface area (Å²) >= 11 is 0. The van der Waals surface area contributed by atoms with Gasteiger partial charge in [0.05, 0.1) is 13.7 Å². The van der Waals surface area contributed by atoms with Crippen molar-refractivity contribution in [3.05, 3.63) is 59.7 Å². The fraction of sp³-hybridized carbons (Fsp3) is 0.455. The van der Waals surface area contributed by atoms with Crippen LogP contribution in [-0.4, -0.2) is 38.8 Å². The van der Waals surface area contributed by atoms with Gasteiger partial charge in [0, 0.05) is 12.5 Å². The second-order valence-corrected chi connectivity index (χ2v) is 7.00. The highest BCUT2D eigenvalue weighted by atomic mass is 35.5. The molecule has 0 bridgehead atoms. The Balaban J connectivity index is 0.00000243. The van der Waals surface area contributed by atoms with Gasteiger partial charge in [-0.1, -0.05) is 36.4 Å². The van der Waals surface area contributed by atoms with Crippen molar-refractivity contribution in [1.29, 1.82) is 0 Å². The molecule has 4 heteroatoms. The van der Waals surface area contributed by atoms with Gasteiger partial charge >= 0.3 is 0 Å². The Morgan fingerprint density at radius 1 is 0.962 bits per heavy atom.